The molecule has 0 aliphatic rings. The maximum atomic E-state index is 6.19. The van der Waals surface area contributed by atoms with Gasteiger partial charge in [0.25, 0.3) is 0 Å². The largest absolute Gasteiger partial charge is 0.310 e. The van der Waals surface area contributed by atoms with Gasteiger partial charge in [0, 0.05) is 17.6 Å². The lowest BCUT2D eigenvalue weighted by Gasteiger charge is -2.16. The van der Waals surface area contributed by atoms with E-state index in [1.165, 1.54) is 33.4 Å². The average molecular weight is 302 g/mol. The standard InChI is InChI=1S/C19H24ClN/c1-12(2)21-11-16-10-17(20)6-7-18(16)19-9-14(4)13(3)8-15(19)5/h6-10,12,21H,11H2,1-5H3. The van der Waals surface area contributed by atoms with Crippen LogP contribution in [0.5, 0.6) is 0 Å². The highest BCUT2D eigenvalue weighted by Gasteiger charge is 2.10. The molecule has 0 saturated heterocycles. The molecule has 2 aromatic carbocycles. The van der Waals surface area contributed by atoms with Crippen LogP contribution in [-0.2, 0) is 6.54 Å². The minimum atomic E-state index is 0.456. The molecule has 0 radical (unpaired) electrons. The number of aryl methyl sites for hydroxylation is 3. The normalized spacial score (nSPS) is 11.2. The lowest BCUT2D eigenvalue weighted by atomic mass is 9.92. The van der Waals surface area contributed by atoms with Gasteiger partial charge in [-0.1, -0.05) is 43.6 Å². The highest BCUT2D eigenvalue weighted by molar-refractivity contribution is 6.30. The molecule has 0 fully saturated rings. The number of nitrogens with one attached hydrogen (secondary N) is 1. The van der Waals surface area contributed by atoms with Crippen molar-refractivity contribution < 1.29 is 0 Å². The van der Waals surface area contributed by atoms with E-state index >= 15 is 0 Å². The molecule has 112 valence electrons. The van der Waals surface area contributed by atoms with E-state index in [9.17, 15) is 0 Å². The summed E-state index contributed by atoms with van der Waals surface area (Å²) >= 11 is 6.19. The van der Waals surface area contributed by atoms with E-state index in [1.807, 2.05) is 6.07 Å². The molecule has 0 atom stereocenters. The summed E-state index contributed by atoms with van der Waals surface area (Å²) in [5.41, 5.74) is 7.80. The Morgan fingerprint density at radius 2 is 1.57 bits per heavy atom. The van der Waals surface area contributed by atoms with Crippen LogP contribution in [0.15, 0.2) is 30.3 Å². The fourth-order valence-electron chi connectivity index (χ4n) is 2.54. The summed E-state index contributed by atoms with van der Waals surface area (Å²) in [5.74, 6) is 0. The summed E-state index contributed by atoms with van der Waals surface area (Å²) in [6, 6.07) is 11.2. The molecule has 0 saturated carbocycles. The Bertz CT molecular complexity index is 644. The first-order valence-electron chi connectivity index (χ1n) is 7.48. The second-order valence-corrected chi connectivity index (χ2v) is 6.52. The maximum absolute atomic E-state index is 6.19. The minimum Gasteiger partial charge on any atom is -0.310 e. The average Bonchev–Trinajstić information content (AvgIpc) is 2.41. The van der Waals surface area contributed by atoms with Crippen molar-refractivity contribution >= 4 is 11.6 Å². The first-order chi connectivity index (χ1) is 9.88. The van der Waals surface area contributed by atoms with Crippen molar-refractivity contribution in [2.24, 2.45) is 0 Å². The third kappa shape index (κ3) is 3.87. The molecule has 1 nitrogen and oxygen atoms in total. The van der Waals surface area contributed by atoms with Gasteiger partial charge in [-0.2, -0.15) is 0 Å². The van der Waals surface area contributed by atoms with Crippen molar-refractivity contribution in [1.82, 2.24) is 5.32 Å². The first-order valence-corrected chi connectivity index (χ1v) is 7.86. The van der Waals surface area contributed by atoms with Gasteiger partial charge in [-0.05, 0) is 66.3 Å². The van der Waals surface area contributed by atoms with Gasteiger partial charge in [-0.15, -0.1) is 0 Å². The summed E-state index contributed by atoms with van der Waals surface area (Å²) in [6.45, 7) is 11.7. The fraction of sp³-hybridized carbons (Fsp3) is 0.368. The third-order valence-electron chi connectivity index (χ3n) is 3.90. The zero-order valence-corrected chi connectivity index (χ0v) is 14.3. The first kappa shape index (κ1) is 16.1. The summed E-state index contributed by atoms with van der Waals surface area (Å²) in [6.07, 6.45) is 0. The minimum absolute atomic E-state index is 0.456. The second-order valence-electron chi connectivity index (χ2n) is 6.09. The highest BCUT2D eigenvalue weighted by atomic mass is 35.5. The molecule has 0 heterocycles. The molecular weight excluding hydrogens is 278 g/mol. The molecule has 0 aliphatic heterocycles. The van der Waals surface area contributed by atoms with Crippen LogP contribution in [0.2, 0.25) is 5.02 Å². The quantitative estimate of drug-likeness (QED) is 0.794. The van der Waals surface area contributed by atoms with E-state index < -0.39 is 0 Å². The van der Waals surface area contributed by atoms with Crippen molar-refractivity contribution in [3.8, 4) is 11.1 Å². The fourth-order valence-corrected chi connectivity index (χ4v) is 2.73. The zero-order chi connectivity index (χ0) is 15.6. The number of benzene rings is 2. The predicted molar refractivity (Wildman–Crippen MR) is 93.1 cm³/mol. The molecule has 0 spiro atoms. The van der Waals surface area contributed by atoms with E-state index in [0.717, 1.165) is 11.6 Å². The Hall–Kier alpha value is -1.31. The van der Waals surface area contributed by atoms with E-state index in [4.69, 9.17) is 11.6 Å². The molecular formula is C19H24ClN. The van der Waals surface area contributed by atoms with Crippen LogP contribution in [0.3, 0.4) is 0 Å². The number of rotatable bonds is 4. The Morgan fingerprint density at radius 1 is 0.905 bits per heavy atom. The van der Waals surface area contributed by atoms with Crippen molar-refractivity contribution in [1.29, 1.82) is 0 Å². The van der Waals surface area contributed by atoms with Gasteiger partial charge in [0.2, 0.25) is 0 Å². The van der Waals surface area contributed by atoms with Gasteiger partial charge >= 0.3 is 0 Å². The van der Waals surface area contributed by atoms with Crippen LogP contribution in [0.25, 0.3) is 11.1 Å². The van der Waals surface area contributed by atoms with E-state index in [0.29, 0.717) is 6.04 Å². The molecule has 0 aliphatic carbocycles. The SMILES string of the molecule is Cc1cc(C)c(-c2ccc(Cl)cc2CNC(C)C)cc1C. The van der Waals surface area contributed by atoms with Gasteiger partial charge < -0.3 is 5.32 Å². The number of hydrogen-bond donors (Lipinski definition) is 1. The molecule has 21 heavy (non-hydrogen) atoms. The molecule has 2 heteroatoms. The van der Waals surface area contributed by atoms with Crippen LogP contribution in [0, 0.1) is 20.8 Å². The Kier molecular flexibility index (Phi) is 5.08. The van der Waals surface area contributed by atoms with Crippen molar-refractivity contribution in [3.05, 3.63) is 57.6 Å². The van der Waals surface area contributed by atoms with Gasteiger partial charge in [-0.3, -0.25) is 0 Å². The monoisotopic (exact) mass is 301 g/mol. The van der Waals surface area contributed by atoms with E-state index in [2.05, 4.69) is 64.2 Å². The second kappa shape index (κ2) is 6.64. The third-order valence-corrected chi connectivity index (χ3v) is 4.13. The maximum Gasteiger partial charge on any atom is 0.0409 e. The van der Waals surface area contributed by atoms with Crippen molar-refractivity contribution in [2.75, 3.05) is 0 Å². The Balaban J connectivity index is 2.50. The van der Waals surface area contributed by atoms with E-state index in [1.54, 1.807) is 0 Å². The predicted octanol–water partition coefficient (Wildman–Crippen LogP) is 5.43. The Morgan fingerprint density at radius 3 is 2.24 bits per heavy atom. The van der Waals surface area contributed by atoms with Gasteiger partial charge in [0.15, 0.2) is 0 Å². The molecule has 0 unspecified atom stereocenters. The summed E-state index contributed by atoms with van der Waals surface area (Å²) in [7, 11) is 0. The van der Waals surface area contributed by atoms with Crippen LogP contribution in [0.4, 0.5) is 0 Å². The molecule has 0 bridgehead atoms. The lowest BCUT2D eigenvalue weighted by molar-refractivity contribution is 0.589. The molecule has 2 rings (SSSR count). The van der Waals surface area contributed by atoms with Crippen LogP contribution >= 0.6 is 11.6 Å². The van der Waals surface area contributed by atoms with Gasteiger partial charge in [0.1, 0.15) is 0 Å². The number of hydrogen-bond acceptors (Lipinski definition) is 1. The topological polar surface area (TPSA) is 12.0 Å². The highest BCUT2D eigenvalue weighted by Crippen LogP contribution is 2.31. The lowest BCUT2D eigenvalue weighted by Crippen LogP contribution is -2.22. The zero-order valence-electron chi connectivity index (χ0n) is 13.5. The molecule has 2 aromatic rings. The smallest absolute Gasteiger partial charge is 0.0409 e. The molecule has 0 aromatic heterocycles. The number of halogens is 1. The van der Waals surface area contributed by atoms with Crippen molar-refractivity contribution in [3.63, 3.8) is 0 Å². The Labute approximate surface area is 133 Å². The van der Waals surface area contributed by atoms with Gasteiger partial charge in [-0.25, -0.2) is 0 Å². The van der Waals surface area contributed by atoms with Gasteiger partial charge in [0.05, 0.1) is 0 Å². The summed E-state index contributed by atoms with van der Waals surface area (Å²) < 4.78 is 0. The molecule has 1 N–H and O–H groups in total. The molecule has 0 amide bonds. The summed E-state index contributed by atoms with van der Waals surface area (Å²) in [4.78, 5) is 0. The van der Waals surface area contributed by atoms with Crippen LogP contribution in [-0.4, -0.2) is 6.04 Å². The van der Waals surface area contributed by atoms with Crippen molar-refractivity contribution in [2.45, 2.75) is 47.2 Å². The summed E-state index contributed by atoms with van der Waals surface area (Å²) in [5, 5.41) is 4.28. The van der Waals surface area contributed by atoms with Crippen LogP contribution < -0.4 is 5.32 Å². The van der Waals surface area contributed by atoms with Crippen LogP contribution in [0.1, 0.15) is 36.1 Å². The van der Waals surface area contributed by atoms with E-state index in [-0.39, 0.29) is 0 Å².